The van der Waals surface area contributed by atoms with Gasteiger partial charge < -0.3 is 14.5 Å². The minimum Gasteiger partial charge on any atom is -0.462 e. The third kappa shape index (κ3) is 5.58. The number of amides is 3. The maximum Gasteiger partial charge on any atom is 0.338 e. The Labute approximate surface area is 212 Å². The molecule has 9 heteroatoms. The average molecular weight is 505 g/mol. The summed E-state index contributed by atoms with van der Waals surface area (Å²) in [6, 6.07) is 15.6. The Kier molecular flexibility index (Phi) is 7.40. The van der Waals surface area contributed by atoms with E-state index in [1.807, 2.05) is 26.0 Å². The lowest BCUT2D eigenvalue weighted by molar-refractivity contribution is -0.127. The van der Waals surface area contributed by atoms with Gasteiger partial charge in [-0.15, -0.1) is 0 Å². The molecule has 0 unspecified atom stereocenters. The minimum absolute atomic E-state index is 0.164. The predicted octanol–water partition coefficient (Wildman–Crippen LogP) is 5.42. The molecule has 1 aromatic heterocycles. The van der Waals surface area contributed by atoms with Crippen molar-refractivity contribution < 1.29 is 28.3 Å². The number of esters is 1. The van der Waals surface area contributed by atoms with E-state index in [0.29, 0.717) is 29.4 Å². The predicted molar refractivity (Wildman–Crippen MR) is 137 cm³/mol. The van der Waals surface area contributed by atoms with Crippen molar-refractivity contribution in [2.24, 2.45) is 0 Å². The second-order valence-corrected chi connectivity index (χ2v) is 9.11. The highest BCUT2D eigenvalue weighted by molar-refractivity contribution is 8.18. The highest BCUT2D eigenvalue weighted by atomic mass is 32.2. The molecule has 0 radical (unpaired) electrons. The smallest absolute Gasteiger partial charge is 0.338 e. The van der Waals surface area contributed by atoms with Gasteiger partial charge in [0.1, 0.15) is 18.1 Å². The van der Waals surface area contributed by atoms with Gasteiger partial charge in [0.25, 0.3) is 11.1 Å². The van der Waals surface area contributed by atoms with Crippen LogP contribution in [0.5, 0.6) is 0 Å². The minimum atomic E-state index is -0.558. The molecule has 3 aromatic rings. The molecule has 36 heavy (non-hydrogen) atoms. The lowest BCUT2D eigenvalue weighted by atomic mass is 10.1. The van der Waals surface area contributed by atoms with Gasteiger partial charge in [0.15, 0.2) is 0 Å². The first kappa shape index (κ1) is 25.0. The molecule has 2 heterocycles. The first-order valence-corrected chi connectivity index (χ1v) is 12.1. The van der Waals surface area contributed by atoms with E-state index in [1.165, 1.54) is 6.08 Å². The molecule has 0 spiro atoms. The van der Waals surface area contributed by atoms with Crippen LogP contribution >= 0.6 is 11.8 Å². The van der Waals surface area contributed by atoms with E-state index >= 15 is 0 Å². The van der Waals surface area contributed by atoms with Crippen LogP contribution in [0.2, 0.25) is 0 Å². The lowest BCUT2D eigenvalue weighted by Crippen LogP contribution is -2.36. The summed E-state index contributed by atoms with van der Waals surface area (Å²) in [6.45, 7) is 5.56. The number of nitrogens with zero attached hydrogens (tertiary/aromatic N) is 1. The molecule has 0 atom stereocenters. The molecule has 184 valence electrons. The number of furan rings is 1. The van der Waals surface area contributed by atoms with Crippen LogP contribution in [-0.4, -0.2) is 41.1 Å². The van der Waals surface area contributed by atoms with Crippen molar-refractivity contribution in [3.63, 3.8) is 0 Å². The molecule has 1 saturated heterocycles. The van der Waals surface area contributed by atoms with E-state index in [-0.39, 0.29) is 11.4 Å². The molecule has 0 aliphatic carbocycles. The summed E-state index contributed by atoms with van der Waals surface area (Å²) < 4.78 is 10.8. The molecule has 1 aliphatic rings. The summed E-state index contributed by atoms with van der Waals surface area (Å²) >= 11 is 0.751. The number of hydrogen-bond donors (Lipinski definition) is 1. The van der Waals surface area contributed by atoms with Crippen LogP contribution in [0.25, 0.3) is 17.4 Å². The monoisotopic (exact) mass is 504 g/mol. The Balaban J connectivity index is 1.42. The zero-order chi connectivity index (χ0) is 25.8. The molecule has 1 aliphatic heterocycles. The Morgan fingerprint density at radius 3 is 2.47 bits per heavy atom. The molecular weight excluding hydrogens is 480 g/mol. The fourth-order valence-corrected chi connectivity index (χ4v) is 4.32. The van der Waals surface area contributed by atoms with E-state index in [0.717, 1.165) is 33.4 Å². The number of hydrogen-bond acceptors (Lipinski definition) is 7. The zero-order valence-corrected chi connectivity index (χ0v) is 20.8. The fraction of sp³-hybridized carbons (Fsp3) is 0.185. The number of carbonyl (C=O) groups is 4. The first-order valence-electron chi connectivity index (χ1n) is 11.2. The number of rotatable bonds is 7. The molecule has 1 N–H and O–H groups in total. The van der Waals surface area contributed by atoms with Crippen LogP contribution < -0.4 is 5.32 Å². The van der Waals surface area contributed by atoms with Gasteiger partial charge in [0.05, 0.1) is 17.1 Å². The van der Waals surface area contributed by atoms with Gasteiger partial charge in [-0.25, -0.2) is 4.79 Å². The van der Waals surface area contributed by atoms with E-state index in [9.17, 15) is 19.2 Å². The molecule has 0 saturated carbocycles. The molecular formula is C27H24N2O6S. The SMILES string of the molecule is CCOC(=O)c1ccc(-c2ccc(/C=C3/SC(=O)N(CC(=O)Nc4ccc(C)c(C)c4)C3=O)o2)cc1. The van der Waals surface area contributed by atoms with Crippen LogP contribution in [0.15, 0.2) is 63.9 Å². The number of imide groups is 1. The Morgan fingerprint density at radius 2 is 1.78 bits per heavy atom. The molecule has 8 nitrogen and oxygen atoms in total. The summed E-state index contributed by atoms with van der Waals surface area (Å²) in [5, 5.41) is 2.20. The van der Waals surface area contributed by atoms with Gasteiger partial charge in [-0.1, -0.05) is 18.2 Å². The lowest BCUT2D eigenvalue weighted by Gasteiger charge is -2.13. The van der Waals surface area contributed by atoms with Crippen molar-refractivity contribution in [2.75, 3.05) is 18.5 Å². The summed E-state index contributed by atoms with van der Waals surface area (Å²) in [6.07, 6.45) is 1.47. The second kappa shape index (κ2) is 10.7. The highest BCUT2D eigenvalue weighted by Gasteiger charge is 2.36. The van der Waals surface area contributed by atoms with Crippen LogP contribution in [-0.2, 0) is 14.3 Å². The summed E-state index contributed by atoms with van der Waals surface area (Å²) in [7, 11) is 0. The average Bonchev–Trinajstić information content (AvgIpc) is 3.42. The molecule has 0 bridgehead atoms. The van der Waals surface area contributed by atoms with E-state index < -0.39 is 23.0 Å². The van der Waals surface area contributed by atoms with Gasteiger partial charge in [0, 0.05) is 17.3 Å². The van der Waals surface area contributed by atoms with Gasteiger partial charge in [-0.3, -0.25) is 19.3 Å². The van der Waals surface area contributed by atoms with Crippen LogP contribution in [0.3, 0.4) is 0 Å². The number of aryl methyl sites for hydroxylation is 2. The van der Waals surface area contributed by atoms with E-state index in [2.05, 4.69) is 5.32 Å². The van der Waals surface area contributed by atoms with Crippen molar-refractivity contribution in [3.05, 3.63) is 82.0 Å². The Morgan fingerprint density at radius 1 is 1.03 bits per heavy atom. The number of anilines is 1. The Bertz CT molecular complexity index is 1370. The number of thioether (sulfide) groups is 1. The summed E-state index contributed by atoms with van der Waals surface area (Å²) in [5.41, 5.74) is 3.89. The first-order chi connectivity index (χ1) is 17.2. The number of ether oxygens (including phenoxy) is 1. The second-order valence-electron chi connectivity index (χ2n) is 8.11. The summed E-state index contributed by atoms with van der Waals surface area (Å²) in [4.78, 5) is 50.5. The van der Waals surface area contributed by atoms with Crippen molar-refractivity contribution >= 4 is 46.5 Å². The normalized spacial score (nSPS) is 14.4. The summed E-state index contributed by atoms with van der Waals surface area (Å²) in [5.74, 6) is -0.513. The topological polar surface area (TPSA) is 106 Å². The third-order valence-corrected chi connectivity index (χ3v) is 6.45. The maximum atomic E-state index is 12.8. The largest absolute Gasteiger partial charge is 0.462 e. The van der Waals surface area contributed by atoms with Crippen molar-refractivity contribution in [1.82, 2.24) is 4.90 Å². The number of nitrogens with one attached hydrogen (secondary N) is 1. The highest BCUT2D eigenvalue weighted by Crippen LogP contribution is 2.33. The molecule has 2 aromatic carbocycles. The van der Waals surface area contributed by atoms with Gasteiger partial charge in [-0.2, -0.15) is 0 Å². The number of benzene rings is 2. The van der Waals surface area contributed by atoms with E-state index in [1.54, 1.807) is 49.4 Å². The van der Waals surface area contributed by atoms with Crippen LogP contribution in [0, 0.1) is 13.8 Å². The third-order valence-electron chi connectivity index (χ3n) is 5.55. The quantitative estimate of drug-likeness (QED) is 0.338. The molecule has 1 fully saturated rings. The standard InChI is InChI=1S/C27H24N2O6S/c1-4-34-26(32)19-8-6-18(7-9-19)22-12-11-21(35-22)14-23-25(31)29(27(33)36-23)15-24(30)28-20-10-5-16(2)17(3)13-20/h5-14H,4,15H2,1-3H3,(H,28,30)/b23-14+. The van der Waals surface area contributed by atoms with Crippen molar-refractivity contribution in [1.29, 1.82) is 0 Å². The maximum absolute atomic E-state index is 12.8. The fourth-order valence-electron chi connectivity index (χ4n) is 3.50. The van der Waals surface area contributed by atoms with Crippen molar-refractivity contribution in [2.45, 2.75) is 20.8 Å². The van der Waals surface area contributed by atoms with Crippen LogP contribution in [0.4, 0.5) is 10.5 Å². The van der Waals surface area contributed by atoms with Crippen molar-refractivity contribution in [3.8, 4) is 11.3 Å². The molecule has 4 rings (SSSR count). The molecule has 3 amide bonds. The van der Waals surface area contributed by atoms with Gasteiger partial charge in [-0.05, 0) is 80.1 Å². The Hall–Kier alpha value is -4.11. The van der Waals surface area contributed by atoms with Crippen LogP contribution in [0.1, 0.15) is 34.2 Å². The zero-order valence-electron chi connectivity index (χ0n) is 20.0. The number of carbonyl (C=O) groups excluding carboxylic acids is 4. The van der Waals surface area contributed by atoms with Gasteiger partial charge >= 0.3 is 5.97 Å². The van der Waals surface area contributed by atoms with E-state index in [4.69, 9.17) is 9.15 Å². The van der Waals surface area contributed by atoms with Gasteiger partial charge in [0.2, 0.25) is 5.91 Å².